The number of benzene rings is 1. The highest BCUT2D eigenvalue weighted by atomic mass is 19.4. The zero-order chi connectivity index (χ0) is 24.7. The molecular weight excluding hydrogens is 471 g/mol. The Morgan fingerprint density at radius 3 is 2.28 bits per heavy atom. The van der Waals surface area contributed by atoms with Crippen molar-refractivity contribution in [3.05, 3.63) is 42.0 Å². The third-order valence-corrected chi connectivity index (χ3v) is 8.97. The molecular formula is C26H30F3N5O2. The van der Waals surface area contributed by atoms with Gasteiger partial charge >= 0.3 is 12.2 Å². The molecule has 2 aromatic rings. The van der Waals surface area contributed by atoms with Gasteiger partial charge in [-0.15, -0.1) is 0 Å². The zero-order valence-corrected chi connectivity index (χ0v) is 20.0. The number of likely N-dealkylation sites (tertiary alicyclic amines) is 2. The van der Waals surface area contributed by atoms with Gasteiger partial charge in [-0.25, -0.2) is 14.5 Å². The minimum atomic E-state index is -4.34. The molecule has 3 saturated carbocycles. The van der Waals surface area contributed by atoms with E-state index in [9.17, 15) is 18.0 Å². The van der Waals surface area contributed by atoms with Gasteiger partial charge in [0.2, 0.25) is 0 Å². The fourth-order valence-corrected chi connectivity index (χ4v) is 6.89. The molecule has 1 aromatic heterocycles. The topological polar surface area (TPSA) is 63.5 Å². The molecule has 7 nitrogen and oxygen atoms in total. The van der Waals surface area contributed by atoms with Gasteiger partial charge in [-0.05, 0) is 74.6 Å². The lowest BCUT2D eigenvalue weighted by Gasteiger charge is -2.59. The summed E-state index contributed by atoms with van der Waals surface area (Å²) in [5, 5.41) is 4.68. The maximum Gasteiger partial charge on any atom is 0.416 e. The van der Waals surface area contributed by atoms with Gasteiger partial charge in [0.05, 0.1) is 17.7 Å². The van der Waals surface area contributed by atoms with E-state index in [0.29, 0.717) is 29.5 Å². The molecule has 3 aliphatic carbocycles. The molecule has 2 amide bonds. The molecule has 0 bridgehead atoms. The predicted octanol–water partition coefficient (Wildman–Crippen LogP) is 4.72. The second-order valence-electron chi connectivity index (χ2n) is 11.7. The van der Waals surface area contributed by atoms with Crippen molar-refractivity contribution in [2.24, 2.45) is 17.3 Å². The minimum absolute atomic E-state index is 0.00890. The van der Waals surface area contributed by atoms with Crippen molar-refractivity contribution in [3.63, 3.8) is 0 Å². The van der Waals surface area contributed by atoms with Crippen molar-refractivity contribution in [1.82, 2.24) is 24.6 Å². The number of halogens is 3. The van der Waals surface area contributed by atoms with E-state index in [-0.39, 0.29) is 17.6 Å². The molecule has 1 spiro atoms. The minimum Gasteiger partial charge on any atom is -0.490 e. The lowest BCUT2D eigenvalue weighted by atomic mass is 9.61. The summed E-state index contributed by atoms with van der Waals surface area (Å²) in [6, 6.07) is 5.48. The van der Waals surface area contributed by atoms with Crippen molar-refractivity contribution in [1.29, 1.82) is 0 Å². The van der Waals surface area contributed by atoms with Crippen LogP contribution in [-0.2, 0) is 6.18 Å². The molecule has 192 valence electrons. The SMILES string of the molecule is O=C(N1CC2CC(Oc3ccc(C(F)(F)F)cc3)CC2C1)N1CC2(CC(n3cnc(C4CC4)n3)C2)C1. The van der Waals surface area contributed by atoms with E-state index >= 15 is 0 Å². The summed E-state index contributed by atoms with van der Waals surface area (Å²) in [4.78, 5) is 21.6. The fourth-order valence-electron chi connectivity index (χ4n) is 6.89. The Kier molecular flexibility index (Phi) is 4.89. The van der Waals surface area contributed by atoms with Crippen LogP contribution in [0.1, 0.15) is 61.9 Å². The summed E-state index contributed by atoms with van der Waals surface area (Å²) >= 11 is 0. The molecule has 2 atom stereocenters. The summed E-state index contributed by atoms with van der Waals surface area (Å²) in [5.41, 5.74) is -0.416. The first-order chi connectivity index (χ1) is 17.2. The Hall–Kier alpha value is -2.78. The molecule has 36 heavy (non-hydrogen) atoms. The van der Waals surface area contributed by atoms with Crippen molar-refractivity contribution in [2.75, 3.05) is 26.2 Å². The van der Waals surface area contributed by atoms with Crippen LogP contribution in [0.2, 0.25) is 0 Å². The Morgan fingerprint density at radius 1 is 1.00 bits per heavy atom. The maximum absolute atomic E-state index is 13.1. The summed E-state index contributed by atoms with van der Waals surface area (Å²) in [6.07, 6.45) is 3.75. The number of carbonyl (C=O) groups is 1. The molecule has 7 rings (SSSR count). The van der Waals surface area contributed by atoms with Crippen LogP contribution in [0.15, 0.2) is 30.6 Å². The monoisotopic (exact) mass is 501 g/mol. The van der Waals surface area contributed by atoms with E-state index in [4.69, 9.17) is 4.74 Å². The Morgan fingerprint density at radius 2 is 1.67 bits per heavy atom. The molecule has 0 radical (unpaired) electrons. The fraction of sp³-hybridized carbons (Fsp3) is 0.654. The molecule has 1 aromatic carbocycles. The molecule has 5 aliphatic rings. The summed E-state index contributed by atoms with van der Waals surface area (Å²) < 4.78 is 46.3. The number of ether oxygens (including phenoxy) is 1. The van der Waals surface area contributed by atoms with Crippen LogP contribution in [0.5, 0.6) is 5.75 Å². The van der Waals surface area contributed by atoms with Crippen molar-refractivity contribution in [2.45, 2.75) is 62.8 Å². The van der Waals surface area contributed by atoms with E-state index in [1.165, 1.54) is 25.0 Å². The van der Waals surface area contributed by atoms with Crippen LogP contribution in [-0.4, -0.2) is 62.9 Å². The first-order valence-electron chi connectivity index (χ1n) is 13.0. The first-order valence-corrected chi connectivity index (χ1v) is 13.0. The Balaban J connectivity index is 0.867. The average Bonchev–Trinajstić information content (AvgIpc) is 3.19. The number of aromatic nitrogens is 3. The standard InChI is InChI=1S/C26H30F3N5O2/c27-26(28,29)19-3-5-21(6-4-19)36-22-7-17-11-32(12-18(17)8-22)24(35)33-13-25(14-33)9-20(10-25)34-15-30-23(31-34)16-1-2-16/h3-6,15-18,20,22H,1-2,7-14H2. The van der Waals surface area contributed by atoms with Gasteiger partial charge in [-0.2, -0.15) is 18.3 Å². The van der Waals surface area contributed by atoms with E-state index in [2.05, 4.69) is 10.1 Å². The van der Waals surface area contributed by atoms with Crippen LogP contribution in [0.4, 0.5) is 18.0 Å². The van der Waals surface area contributed by atoms with Crippen LogP contribution >= 0.6 is 0 Å². The molecule has 2 unspecified atom stereocenters. The van der Waals surface area contributed by atoms with Gasteiger partial charge in [-0.1, -0.05) is 0 Å². The molecule has 3 heterocycles. The quantitative estimate of drug-likeness (QED) is 0.608. The Bertz CT molecular complexity index is 1130. The van der Waals surface area contributed by atoms with Crippen molar-refractivity contribution in [3.8, 4) is 5.75 Å². The van der Waals surface area contributed by atoms with Gasteiger partial charge in [0.15, 0.2) is 5.82 Å². The van der Waals surface area contributed by atoms with Crippen LogP contribution in [0.25, 0.3) is 0 Å². The van der Waals surface area contributed by atoms with Crippen LogP contribution < -0.4 is 4.74 Å². The number of urea groups is 1. The van der Waals surface area contributed by atoms with E-state index in [0.717, 1.165) is 69.8 Å². The number of rotatable bonds is 4. The second-order valence-corrected chi connectivity index (χ2v) is 11.7. The third kappa shape index (κ3) is 3.93. The molecule has 10 heteroatoms. The number of carbonyl (C=O) groups excluding carboxylic acids is 1. The number of fused-ring (bicyclic) bond motifs is 1. The highest BCUT2D eigenvalue weighted by Gasteiger charge is 2.56. The highest BCUT2D eigenvalue weighted by molar-refractivity contribution is 5.76. The van der Waals surface area contributed by atoms with E-state index < -0.39 is 11.7 Å². The lowest BCUT2D eigenvalue weighted by molar-refractivity contribution is -0.137. The van der Waals surface area contributed by atoms with Gasteiger partial charge in [-0.3, -0.25) is 0 Å². The Labute approximate surface area is 207 Å². The number of amides is 2. The molecule has 0 N–H and O–H groups in total. The second kappa shape index (κ2) is 7.86. The lowest BCUT2D eigenvalue weighted by Crippen LogP contribution is -2.65. The summed E-state index contributed by atoms with van der Waals surface area (Å²) in [5.74, 6) is 2.83. The van der Waals surface area contributed by atoms with Crippen LogP contribution in [0, 0.1) is 17.3 Å². The molecule has 5 fully saturated rings. The van der Waals surface area contributed by atoms with E-state index in [1.54, 1.807) is 0 Å². The normalized spacial score (nSPS) is 29.2. The van der Waals surface area contributed by atoms with Gasteiger partial charge in [0.25, 0.3) is 0 Å². The zero-order valence-electron chi connectivity index (χ0n) is 20.0. The largest absolute Gasteiger partial charge is 0.490 e. The summed E-state index contributed by atoms with van der Waals surface area (Å²) in [7, 11) is 0. The van der Waals surface area contributed by atoms with Gasteiger partial charge < -0.3 is 14.5 Å². The number of hydrogen-bond donors (Lipinski definition) is 0. The number of nitrogens with zero attached hydrogens (tertiary/aromatic N) is 5. The maximum atomic E-state index is 13.1. The first kappa shape index (κ1) is 22.4. The smallest absolute Gasteiger partial charge is 0.416 e. The van der Waals surface area contributed by atoms with Gasteiger partial charge in [0.1, 0.15) is 12.1 Å². The predicted molar refractivity (Wildman–Crippen MR) is 123 cm³/mol. The van der Waals surface area contributed by atoms with Crippen LogP contribution in [0.3, 0.4) is 0 Å². The van der Waals surface area contributed by atoms with E-state index in [1.807, 2.05) is 20.8 Å². The molecule has 2 aliphatic heterocycles. The average molecular weight is 502 g/mol. The summed E-state index contributed by atoms with van der Waals surface area (Å²) in [6.45, 7) is 3.15. The molecule has 2 saturated heterocycles. The highest BCUT2D eigenvalue weighted by Crippen LogP contribution is 2.54. The number of hydrogen-bond acceptors (Lipinski definition) is 4. The number of alkyl halides is 3. The third-order valence-electron chi connectivity index (χ3n) is 8.97. The van der Waals surface area contributed by atoms with Crippen molar-refractivity contribution >= 4 is 6.03 Å². The van der Waals surface area contributed by atoms with Gasteiger partial charge in [0, 0.05) is 37.5 Å². The van der Waals surface area contributed by atoms with Crippen molar-refractivity contribution < 1.29 is 22.7 Å².